The molecule has 0 aromatic heterocycles. The molecular formula is C20H25BBrOS. The van der Waals surface area contributed by atoms with E-state index in [0.717, 1.165) is 40.7 Å². The first-order valence-corrected chi connectivity index (χ1v) is 11.0. The molecule has 127 valence electrons. The lowest BCUT2D eigenvalue weighted by atomic mass is 9.55. The van der Waals surface area contributed by atoms with E-state index in [1.54, 1.807) is 11.1 Å². The Morgan fingerprint density at radius 2 is 2.33 bits per heavy atom. The highest BCUT2D eigenvalue weighted by Crippen LogP contribution is 2.62. The van der Waals surface area contributed by atoms with Crippen LogP contribution in [0.4, 0.5) is 0 Å². The van der Waals surface area contributed by atoms with Gasteiger partial charge in [-0.3, -0.25) is 0 Å². The molecule has 1 aromatic carbocycles. The Morgan fingerprint density at radius 3 is 3.17 bits per heavy atom. The molecule has 3 aliphatic carbocycles. The Bertz CT molecular complexity index is 682. The van der Waals surface area contributed by atoms with Gasteiger partial charge in [-0.15, -0.1) is 0 Å². The third-order valence-corrected chi connectivity index (χ3v) is 7.63. The normalized spacial score (nSPS) is 36.5. The summed E-state index contributed by atoms with van der Waals surface area (Å²) in [6.45, 7) is 2.54. The summed E-state index contributed by atoms with van der Waals surface area (Å²) < 4.78 is 12.6. The van der Waals surface area contributed by atoms with Crippen LogP contribution in [0, 0.1) is 17.3 Å². The summed E-state index contributed by atoms with van der Waals surface area (Å²) in [4.78, 5) is 0. The summed E-state index contributed by atoms with van der Waals surface area (Å²) in [5.41, 5.74) is 5.20. The molecule has 1 radical (unpaired) electrons. The summed E-state index contributed by atoms with van der Waals surface area (Å²) in [5, 5.41) is 0.998. The number of rotatable bonds is 4. The SMILES string of the molecule is [3H][B]SOc1ccc2c(c1)CCC1C2CCC2(C)/C(=C/CBr)CCC12. The summed E-state index contributed by atoms with van der Waals surface area (Å²) >= 11 is 4.69. The maximum absolute atomic E-state index is 7.10. The van der Waals surface area contributed by atoms with Crippen molar-refractivity contribution in [3.05, 3.63) is 41.0 Å². The number of benzene rings is 1. The zero-order chi connectivity index (χ0) is 17.4. The van der Waals surface area contributed by atoms with Crippen LogP contribution in [0.3, 0.4) is 0 Å². The van der Waals surface area contributed by atoms with Crippen molar-refractivity contribution in [1.29, 1.82) is 1.34 Å². The molecule has 1 aromatic rings. The lowest BCUT2D eigenvalue weighted by Crippen LogP contribution is -2.40. The lowest BCUT2D eigenvalue weighted by Gasteiger charge is -2.49. The van der Waals surface area contributed by atoms with E-state index >= 15 is 0 Å². The molecule has 4 rings (SSSR count). The zero-order valence-corrected chi connectivity index (χ0v) is 16.7. The monoisotopic (exact) mass is 405 g/mol. The molecule has 4 unspecified atom stereocenters. The highest BCUT2D eigenvalue weighted by molar-refractivity contribution is 9.09. The molecule has 0 bridgehead atoms. The molecule has 0 heterocycles. The first kappa shape index (κ1) is 15.9. The number of fused-ring (bicyclic) bond motifs is 5. The fourth-order valence-corrected chi connectivity index (χ4v) is 6.55. The Kier molecular flexibility index (Phi) is 4.47. The van der Waals surface area contributed by atoms with E-state index in [4.69, 9.17) is 5.52 Å². The Labute approximate surface area is 161 Å². The molecular weight excluding hydrogens is 379 g/mol. The molecule has 24 heavy (non-hydrogen) atoms. The smallest absolute Gasteiger partial charge is 0.227 e. The predicted octanol–water partition coefficient (Wildman–Crippen LogP) is 5.71. The van der Waals surface area contributed by atoms with Crippen LogP contribution in [0.2, 0.25) is 0 Å². The average Bonchev–Trinajstić information content (AvgIpc) is 2.96. The molecule has 4 atom stereocenters. The molecule has 3 aliphatic rings. The summed E-state index contributed by atoms with van der Waals surface area (Å²) in [6, 6.07) is 6.61. The van der Waals surface area contributed by atoms with Crippen molar-refractivity contribution in [1.82, 2.24) is 0 Å². The van der Waals surface area contributed by atoms with Gasteiger partial charge >= 0.3 is 0 Å². The van der Waals surface area contributed by atoms with Crippen molar-refractivity contribution in [2.24, 2.45) is 17.3 Å². The highest BCUT2D eigenvalue weighted by Gasteiger charge is 2.52. The van der Waals surface area contributed by atoms with Gasteiger partial charge in [-0.05, 0) is 98.2 Å². The molecule has 0 aliphatic heterocycles. The molecule has 0 saturated heterocycles. The van der Waals surface area contributed by atoms with Crippen molar-refractivity contribution in [2.45, 2.75) is 51.4 Å². The van der Waals surface area contributed by atoms with Crippen molar-refractivity contribution in [2.75, 3.05) is 5.33 Å². The van der Waals surface area contributed by atoms with E-state index in [1.807, 2.05) is 0 Å². The highest BCUT2D eigenvalue weighted by atomic mass is 79.9. The van der Waals surface area contributed by atoms with Crippen LogP contribution in [0.5, 0.6) is 5.75 Å². The first-order chi connectivity index (χ1) is 12.2. The van der Waals surface area contributed by atoms with E-state index in [0.29, 0.717) is 5.41 Å². The number of halogens is 1. The van der Waals surface area contributed by atoms with Crippen LogP contribution in [-0.2, 0) is 6.42 Å². The third kappa shape index (κ3) is 2.69. The molecule has 2 saturated carbocycles. The van der Waals surface area contributed by atoms with Crippen LogP contribution in [0.25, 0.3) is 0 Å². The Balaban J connectivity index is 1.59. The maximum Gasteiger partial charge on any atom is 0.227 e. The van der Waals surface area contributed by atoms with E-state index in [9.17, 15) is 0 Å². The van der Waals surface area contributed by atoms with Crippen molar-refractivity contribution in [3.63, 3.8) is 0 Å². The topological polar surface area (TPSA) is 9.23 Å². The van der Waals surface area contributed by atoms with Gasteiger partial charge in [0.05, 0.1) is 0 Å². The van der Waals surface area contributed by atoms with Gasteiger partial charge in [-0.25, -0.2) is 0 Å². The van der Waals surface area contributed by atoms with Crippen LogP contribution >= 0.6 is 27.8 Å². The fourth-order valence-electron chi connectivity index (χ4n) is 5.94. The first-order valence-electron chi connectivity index (χ1n) is 9.67. The summed E-state index contributed by atoms with van der Waals surface area (Å²) in [7, 11) is 1.23. The van der Waals surface area contributed by atoms with Gasteiger partial charge in [0.15, 0.2) is 0 Å². The summed E-state index contributed by atoms with van der Waals surface area (Å²) in [5.74, 6) is 3.31. The lowest BCUT2D eigenvalue weighted by molar-refractivity contribution is 0.0813. The number of allylic oxidation sites excluding steroid dienone is 2. The van der Waals surface area contributed by atoms with Gasteiger partial charge in [-0.1, -0.05) is 40.6 Å². The quantitative estimate of drug-likeness (QED) is 0.274. The minimum atomic E-state index is 0.441. The van der Waals surface area contributed by atoms with E-state index in [-0.39, 0.29) is 0 Å². The molecule has 4 heteroatoms. The Morgan fingerprint density at radius 1 is 1.42 bits per heavy atom. The average molecular weight is 406 g/mol. The maximum atomic E-state index is 7.10. The number of hydrogen-bond donors (Lipinski definition) is 0. The predicted molar refractivity (Wildman–Crippen MR) is 108 cm³/mol. The van der Waals surface area contributed by atoms with Gasteiger partial charge in [-0.2, -0.15) is 0 Å². The largest absolute Gasteiger partial charge is 0.439 e. The zero-order valence-electron chi connectivity index (χ0n) is 15.3. The van der Waals surface area contributed by atoms with Crippen LogP contribution < -0.4 is 4.18 Å². The van der Waals surface area contributed by atoms with E-state index < -0.39 is 0 Å². The van der Waals surface area contributed by atoms with Gasteiger partial charge in [0.1, 0.15) is 5.75 Å². The van der Waals surface area contributed by atoms with Gasteiger partial charge in [0.2, 0.25) is 7.09 Å². The number of alkyl halides is 1. The van der Waals surface area contributed by atoms with Gasteiger partial charge in [0.25, 0.3) is 0 Å². The van der Waals surface area contributed by atoms with Crippen molar-refractivity contribution >= 4 is 34.9 Å². The molecule has 0 N–H and O–H groups in total. The molecule has 0 amide bonds. The van der Waals surface area contributed by atoms with E-state index in [1.165, 1.54) is 51.2 Å². The van der Waals surface area contributed by atoms with Crippen LogP contribution in [0.1, 0.15) is 56.1 Å². The summed E-state index contributed by atoms with van der Waals surface area (Å²) in [6.07, 6.45) is 10.3. The second kappa shape index (κ2) is 6.76. The van der Waals surface area contributed by atoms with Crippen LogP contribution in [0.15, 0.2) is 29.8 Å². The number of hydrogen-bond acceptors (Lipinski definition) is 2. The van der Waals surface area contributed by atoms with Gasteiger partial charge < -0.3 is 4.18 Å². The molecule has 2 fully saturated rings. The standard InChI is InChI=1S/C20H25BBrOS/c1-20-10-8-17-16-6-4-15(23-24-21)12-13(16)2-5-18(17)19(20)7-3-14(20)9-11-22/h4,6,9,12,17-19,21H,2-3,5,7-8,10-11H2,1H3/b14-9+/i21T. The molecule has 1 nitrogen and oxygen atoms in total. The van der Waals surface area contributed by atoms with Crippen LogP contribution in [-0.4, -0.2) is 13.8 Å². The fraction of sp³-hybridized carbons (Fsp3) is 0.600. The van der Waals surface area contributed by atoms with Crippen molar-refractivity contribution < 1.29 is 4.18 Å². The third-order valence-electron chi connectivity index (χ3n) is 7.01. The van der Waals surface area contributed by atoms with Gasteiger partial charge in [0, 0.05) is 5.33 Å². The second-order valence-corrected chi connectivity index (χ2v) is 8.84. The minimum Gasteiger partial charge on any atom is -0.439 e. The molecule has 0 spiro atoms. The number of aryl methyl sites for hydroxylation is 1. The minimum absolute atomic E-state index is 0.441. The Hall–Kier alpha value is -0.345. The second-order valence-electron chi connectivity index (χ2n) is 7.83. The van der Waals surface area contributed by atoms with E-state index in [2.05, 4.69) is 47.1 Å². The van der Waals surface area contributed by atoms with Crippen molar-refractivity contribution in [3.8, 4) is 5.75 Å².